The molecule has 2 aromatic rings. The van der Waals surface area contributed by atoms with Crippen LogP contribution in [-0.2, 0) is 19.2 Å². The van der Waals surface area contributed by atoms with Crippen LogP contribution in [0.3, 0.4) is 0 Å². The molecule has 2 aliphatic heterocycles. The highest BCUT2D eigenvalue weighted by molar-refractivity contribution is 8.29. The third-order valence-corrected chi connectivity index (χ3v) is 9.86. The lowest BCUT2D eigenvalue weighted by Crippen LogP contribution is -2.31. The fourth-order valence-corrected chi connectivity index (χ4v) is 7.28. The monoisotopic (exact) mass is 672 g/mol. The van der Waals surface area contributed by atoms with E-state index in [0.717, 1.165) is 23.5 Å². The summed E-state index contributed by atoms with van der Waals surface area (Å²) in [7, 11) is 0. The number of anilines is 2. The predicted octanol–water partition coefficient (Wildman–Crippen LogP) is 5.73. The second-order valence-corrected chi connectivity index (χ2v) is 13.3. The number of carbonyl (C=O) groups excluding carboxylic acids is 4. The van der Waals surface area contributed by atoms with Crippen molar-refractivity contribution in [2.45, 2.75) is 51.4 Å². The van der Waals surface area contributed by atoms with Crippen molar-refractivity contribution in [3.63, 3.8) is 0 Å². The highest BCUT2D eigenvalue weighted by Crippen LogP contribution is 2.42. The Morgan fingerprint density at radius 3 is 1.41 bits per heavy atom. The van der Waals surface area contributed by atoms with Crippen molar-refractivity contribution in [2.75, 3.05) is 23.7 Å². The van der Waals surface area contributed by atoms with Crippen molar-refractivity contribution < 1.29 is 29.4 Å². The number of carbonyl (C=O) groups is 4. The standard InChI is InChI=1S/C30H32N4O6S4/c35-21-13-7-5-11-19(21)31-23(37)15-3-1-9-17-33-27(39)25(43-29(33)41)26-28(40)34(30(42)44-26)18-10-2-4-16-24(38)32-20-12-6-8-14-22(20)36/h5-8,11-14,35-36H,1-4,9-10,15-18H2,(H,31,37)(H,32,38)/b26-25+. The summed E-state index contributed by atoms with van der Waals surface area (Å²) in [5.74, 6) is -1.00. The summed E-state index contributed by atoms with van der Waals surface area (Å²) in [6, 6.07) is 13.1. The van der Waals surface area contributed by atoms with Gasteiger partial charge in [-0.1, -0.05) is 85.1 Å². The topological polar surface area (TPSA) is 139 Å². The molecule has 2 aliphatic rings. The molecule has 0 saturated carbocycles. The van der Waals surface area contributed by atoms with E-state index in [1.807, 2.05) is 0 Å². The molecule has 2 saturated heterocycles. The fourth-order valence-electron chi connectivity index (χ4n) is 4.50. The molecule has 0 aromatic heterocycles. The number of para-hydroxylation sites is 4. The van der Waals surface area contributed by atoms with Crippen molar-refractivity contribution in [1.29, 1.82) is 0 Å². The van der Waals surface area contributed by atoms with Crippen LogP contribution >= 0.6 is 48.0 Å². The van der Waals surface area contributed by atoms with Gasteiger partial charge in [-0.25, -0.2) is 0 Å². The summed E-state index contributed by atoms with van der Waals surface area (Å²) in [5.41, 5.74) is 0.734. The summed E-state index contributed by atoms with van der Waals surface area (Å²) in [4.78, 5) is 54.2. The Bertz CT molecular complexity index is 1390. The van der Waals surface area contributed by atoms with Gasteiger partial charge in [0.1, 0.15) is 20.1 Å². The van der Waals surface area contributed by atoms with Gasteiger partial charge in [-0.05, 0) is 49.9 Å². The molecule has 0 radical (unpaired) electrons. The molecule has 14 heteroatoms. The minimum atomic E-state index is -0.312. The van der Waals surface area contributed by atoms with E-state index in [2.05, 4.69) is 10.6 Å². The third-order valence-electron chi connectivity index (χ3n) is 6.83. The van der Waals surface area contributed by atoms with E-state index in [-0.39, 0.29) is 57.8 Å². The summed E-state index contributed by atoms with van der Waals surface area (Å²) < 4.78 is 0.768. The molecule has 4 amide bonds. The molecule has 0 spiro atoms. The number of hydrogen-bond acceptors (Lipinski definition) is 10. The van der Waals surface area contributed by atoms with Crippen LogP contribution < -0.4 is 10.6 Å². The molecule has 0 aliphatic carbocycles. The van der Waals surface area contributed by atoms with Gasteiger partial charge in [-0.3, -0.25) is 29.0 Å². The van der Waals surface area contributed by atoms with Gasteiger partial charge in [-0.15, -0.1) is 0 Å². The predicted molar refractivity (Wildman–Crippen MR) is 181 cm³/mol. The van der Waals surface area contributed by atoms with Crippen LogP contribution in [0.25, 0.3) is 0 Å². The van der Waals surface area contributed by atoms with Crippen molar-refractivity contribution >= 4 is 91.6 Å². The lowest BCUT2D eigenvalue weighted by atomic mass is 10.1. The van der Waals surface area contributed by atoms with Gasteiger partial charge in [0, 0.05) is 25.9 Å². The molecule has 4 rings (SSSR count). The Balaban J connectivity index is 1.18. The number of hydrogen-bond donors (Lipinski definition) is 4. The van der Waals surface area contributed by atoms with Crippen LogP contribution in [0.1, 0.15) is 51.4 Å². The lowest BCUT2D eigenvalue weighted by molar-refractivity contribution is -0.124. The van der Waals surface area contributed by atoms with Gasteiger partial charge in [0.05, 0.1) is 21.2 Å². The average Bonchev–Trinajstić information content (AvgIpc) is 3.43. The number of nitrogens with zero attached hydrogens (tertiary/aromatic N) is 2. The van der Waals surface area contributed by atoms with Gasteiger partial charge in [0.2, 0.25) is 11.8 Å². The Hall–Kier alpha value is -3.46. The van der Waals surface area contributed by atoms with Crippen LogP contribution in [0, 0.1) is 0 Å². The molecule has 4 N–H and O–H groups in total. The number of nitrogens with one attached hydrogen (secondary N) is 2. The zero-order valence-corrected chi connectivity index (χ0v) is 27.0. The Labute approximate surface area is 274 Å². The summed E-state index contributed by atoms with van der Waals surface area (Å²) in [6.45, 7) is 0.764. The quantitative estimate of drug-likeness (QED) is 0.0852. The summed E-state index contributed by atoms with van der Waals surface area (Å²) in [6.07, 6.45) is 4.42. The van der Waals surface area contributed by atoms with Crippen molar-refractivity contribution in [2.24, 2.45) is 0 Å². The molecule has 2 aromatic carbocycles. The van der Waals surface area contributed by atoms with Crippen molar-refractivity contribution in [3.05, 3.63) is 58.3 Å². The fraction of sp³-hybridized carbons (Fsp3) is 0.333. The number of thiocarbonyl (C=S) groups is 2. The minimum absolute atomic E-state index is 0.0101. The van der Waals surface area contributed by atoms with Crippen molar-refractivity contribution in [1.82, 2.24) is 9.80 Å². The lowest BCUT2D eigenvalue weighted by Gasteiger charge is -2.14. The number of phenolic OH excluding ortho intramolecular Hbond substituents is 2. The number of phenols is 2. The van der Waals surface area contributed by atoms with Gasteiger partial charge in [0.25, 0.3) is 11.8 Å². The van der Waals surface area contributed by atoms with E-state index < -0.39 is 0 Å². The van der Waals surface area contributed by atoms with E-state index in [1.54, 1.807) is 36.4 Å². The van der Waals surface area contributed by atoms with Crippen LogP contribution in [0.15, 0.2) is 58.3 Å². The van der Waals surface area contributed by atoms with Gasteiger partial charge in [-0.2, -0.15) is 0 Å². The second kappa shape index (κ2) is 16.0. The van der Waals surface area contributed by atoms with E-state index >= 15 is 0 Å². The van der Waals surface area contributed by atoms with Gasteiger partial charge in [0.15, 0.2) is 0 Å². The Kier molecular flexibility index (Phi) is 12.2. The number of rotatable bonds is 14. The van der Waals surface area contributed by atoms with Gasteiger partial charge < -0.3 is 20.8 Å². The molecule has 232 valence electrons. The first-order valence-corrected chi connectivity index (χ1v) is 16.6. The zero-order valence-electron chi connectivity index (χ0n) is 23.7. The highest BCUT2D eigenvalue weighted by atomic mass is 32.2. The van der Waals surface area contributed by atoms with Crippen LogP contribution in [0.5, 0.6) is 11.5 Å². The number of amides is 4. The molecule has 0 atom stereocenters. The largest absolute Gasteiger partial charge is 0.506 e. The molecule has 2 fully saturated rings. The molecular weight excluding hydrogens is 641 g/mol. The molecule has 10 nitrogen and oxygen atoms in total. The van der Waals surface area contributed by atoms with Crippen LogP contribution in [0.4, 0.5) is 11.4 Å². The molecular formula is C30H32N4O6S4. The maximum atomic E-state index is 13.2. The number of aromatic hydroxyl groups is 2. The van der Waals surface area contributed by atoms with Crippen molar-refractivity contribution in [3.8, 4) is 11.5 Å². The first kappa shape index (κ1) is 33.4. The number of thioether (sulfide) groups is 2. The maximum absolute atomic E-state index is 13.2. The SMILES string of the molecule is O=C(CCCCCN1C(=O)/C(=C2\SC(=S)N(CCCCCC(=O)Nc3ccccc3O)C2=O)SC1=S)Nc1ccccc1O. The Morgan fingerprint density at radius 1 is 0.636 bits per heavy atom. The summed E-state index contributed by atoms with van der Waals surface area (Å²) in [5, 5.41) is 24.9. The normalized spacial score (nSPS) is 16.6. The first-order valence-electron chi connectivity index (χ1n) is 14.1. The molecule has 44 heavy (non-hydrogen) atoms. The minimum Gasteiger partial charge on any atom is -0.506 e. The number of unbranched alkanes of at least 4 members (excludes halogenated alkanes) is 4. The zero-order chi connectivity index (χ0) is 31.6. The second-order valence-electron chi connectivity index (χ2n) is 10.1. The smallest absolute Gasteiger partial charge is 0.267 e. The third kappa shape index (κ3) is 8.80. The van der Waals surface area contributed by atoms with E-state index in [9.17, 15) is 29.4 Å². The summed E-state index contributed by atoms with van der Waals surface area (Å²) >= 11 is 13.1. The van der Waals surface area contributed by atoms with Crippen LogP contribution in [-0.4, -0.2) is 65.4 Å². The number of benzene rings is 2. The first-order chi connectivity index (χ1) is 21.2. The average molecular weight is 673 g/mol. The maximum Gasteiger partial charge on any atom is 0.267 e. The Morgan fingerprint density at radius 2 is 1.02 bits per heavy atom. The van der Waals surface area contributed by atoms with Gasteiger partial charge >= 0.3 is 0 Å². The van der Waals surface area contributed by atoms with E-state index in [1.165, 1.54) is 21.9 Å². The molecule has 0 bridgehead atoms. The van der Waals surface area contributed by atoms with E-state index in [0.29, 0.717) is 71.6 Å². The highest BCUT2D eigenvalue weighted by Gasteiger charge is 2.41. The van der Waals surface area contributed by atoms with Crippen LogP contribution in [0.2, 0.25) is 0 Å². The van der Waals surface area contributed by atoms with E-state index in [4.69, 9.17) is 24.4 Å². The molecule has 2 heterocycles. The molecule has 0 unspecified atom stereocenters.